The first-order chi connectivity index (χ1) is 10.1. The summed E-state index contributed by atoms with van der Waals surface area (Å²) in [7, 11) is 1.43. The molecular weight excluding hydrogens is 278 g/mol. The molecular formula is C15H22F2N2O2. The van der Waals surface area contributed by atoms with Crippen LogP contribution in [0.25, 0.3) is 0 Å². The minimum Gasteiger partial charge on any atom is -0.493 e. The molecule has 0 heterocycles. The van der Waals surface area contributed by atoms with Gasteiger partial charge in [-0.2, -0.15) is 8.78 Å². The summed E-state index contributed by atoms with van der Waals surface area (Å²) >= 11 is 0. The first-order valence-electron chi connectivity index (χ1n) is 7.19. The lowest BCUT2D eigenvalue weighted by Gasteiger charge is -2.30. The molecule has 2 rings (SSSR count). The summed E-state index contributed by atoms with van der Waals surface area (Å²) in [5.74, 6) is 0.347. The molecule has 0 aliphatic heterocycles. The predicted molar refractivity (Wildman–Crippen MR) is 76.8 cm³/mol. The fraction of sp³-hybridized carbons (Fsp3) is 0.600. The zero-order valence-electron chi connectivity index (χ0n) is 12.4. The number of benzene rings is 1. The second-order valence-corrected chi connectivity index (χ2v) is 5.10. The Balaban J connectivity index is 2.28. The number of halogens is 2. The van der Waals surface area contributed by atoms with Gasteiger partial charge in [0.25, 0.3) is 0 Å². The summed E-state index contributed by atoms with van der Waals surface area (Å²) in [6.45, 7) is 0.520. The second kappa shape index (κ2) is 7.04. The molecule has 0 amide bonds. The lowest BCUT2D eigenvalue weighted by Crippen LogP contribution is -2.35. The summed E-state index contributed by atoms with van der Waals surface area (Å²) in [5, 5.41) is 0. The molecule has 0 aromatic heterocycles. The van der Waals surface area contributed by atoms with E-state index in [1.54, 1.807) is 12.1 Å². The van der Waals surface area contributed by atoms with Crippen molar-refractivity contribution in [1.82, 2.24) is 4.90 Å². The third-order valence-electron chi connectivity index (χ3n) is 3.79. The van der Waals surface area contributed by atoms with E-state index in [0.29, 0.717) is 18.3 Å². The molecule has 1 unspecified atom stereocenters. The summed E-state index contributed by atoms with van der Waals surface area (Å²) < 4.78 is 34.6. The quantitative estimate of drug-likeness (QED) is 0.802. The van der Waals surface area contributed by atoms with E-state index in [1.165, 1.54) is 20.0 Å². The Labute approximate surface area is 123 Å². The van der Waals surface area contributed by atoms with Crippen molar-refractivity contribution in [3.8, 4) is 11.5 Å². The van der Waals surface area contributed by atoms with E-state index in [1.807, 2.05) is 6.07 Å². The van der Waals surface area contributed by atoms with E-state index in [9.17, 15) is 8.78 Å². The first kappa shape index (κ1) is 16.0. The number of likely N-dealkylation sites (N-methyl/N-ethyl adjacent to an activating group) is 1. The molecule has 1 aromatic carbocycles. The van der Waals surface area contributed by atoms with Crippen molar-refractivity contribution < 1.29 is 18.3 Å². The molecule has 1 saturated carbocycles. The number of ether oxygens (including phenoxy) is 2. The second-order valence-electron chi connectivity index (χ2n) is 5.10. The Bertz CT molecular complexity index is 467. The highest BCUT2D eigenvalue weighted by molar-refractivity contribution is 5.44. The maximum absolute atomic E-state index is 12.5. The smallest absolute Gasteiger partial charge is 0.387 e. The van der Waals surface area contributed by atoms with Gasteiger partial charge in [-0.1, -0.05) is 13.0 Å². The Morgan fingerprint density at radius 3 is 2.52 bits per heavy atom. The lowest BCUT2D eigenvalue weighted by atomic mass is 10.0. The molecule has 118 valence electrons. The summed E-state index contributed by atoms with van der Waals surface area (Å²) in [4.78, 5) is 2.31. The highest BCUT2D eigenvalue weighted by atomic mass is 19.3. The third-order valence-corrected chi connectivity index (χ3v) is 3.79. The summed E-state index contributed by atoms with van der Waals surface area (Å²) in [6.07, 6.45) is 2.34. The first-order valence-corrected chi connectivity index (χ1v) is 7.19. The zero-order chi connectivity index (χ0) is 15.4. The van der Waals surface area contributed by atoms with Gasteiger partial charge in [-0.25, -0.2) is 0 Å². The van der Waals surface area contributed by atoms with Gasteiger partial charge in [0, 0.05) is 18.6 Å². The van der Waals surface area contributed by atoms with Crippen molar-refractivity contribution in [3.63, 3.8) is 0 Å². The SMILES string of the molecule is CCN(C1CC1)C(CN)c1ccc(OC)c(OC(F)F)c1. The van der Waals surface area contributed by atoms with E-state index >= 15 is 0 Å². The van der Waals surface area contributed by atoms with Crippen LogP contribution in [0.3, 0.4) is 0 Å². The molecule has 0 saturated heterocycles. The highest BCUT2D eigenvalue weighted by Crippen LogP contribution is 2.37. The number of rotatable bonds is 8. The van der Waals surface area contributed by atoms with Gasteiger partial charge in [-0.15, -0.1) is 0 Å². The van der Waals surface area contributed by atoms with E-state index in [2.05, 4.69) is 16.6 Å². The molecule has 1 atom stereocenters. The van der Waals surface area contributed by atoms with Crippen LogP contribution < -0.4 is 15.2 Å². The van der Waals surface area contributed by atoms with Crippen LogP contribution in [0.2, 0.25) is 0 Å². The molecule has 0 spiro atoms. The Morgan fingerprint density at radius 1 is 1.33 bits per heavy atom. The number of nitrogens with zero attached hydrogens (tertiary/aromatic N) is 1. The van der Waals surface area contributed by atoms with Gasteiger partial charge in [0.1, 0.15) is 0 Å². The zero-order valence-corrected chi connectivity index (χ0v) is 12.4. The predicted octanol–water partition coefficient (Wildman–Crippen LogP) is 2.78. The van der Waals surface area contributed by atoms with Crippen molar-refractivity contribution in [1.29, 1.82) is 0 Å². The van der Waals surface area contributed by atoms with Crippen molar-refractivity contribution in [2.45, 2.75) is 38.5 Å². The highest BCUT2D eigenvalue weighted by Gasteiger charge is 2.33. The van der Waals surface area contributed by atoms with Crippen LogP contribution in [-0.2, 0) is 0 Å². The van der Waals surface area contributed by atoms with E-state index in [4.69, 9.17) is 10.5 Å². The minimum atomic E-state index is -2.88. The van der Waals surface area contributed by atoms with Gasteiger partial charge in [-0.05, 0) is 37.1 Å². The van der Waals surface area contributed by atoms with Crippen LogP contribution in [0.15, 0.2) is 18.2 Å². The maximum atomic E-state index is 12.5. The van der Waals surface area contributed by atoms with Crippen LogP contribution >= 0.6 is 0 Å². The average Bonchev–Trinajstić information content (AvgIpc) is 3.28. The van der Waals surface area contributed by atoms with Crippen LogP contribution in [-0.4, -0.2) is 37.8 Å². The molecule has 2 N–H and O–H groups in total. The minimum absolute atomic E-state index is 0.00780. The Kier molecular flexibility index (Phi) is 5.36. The fourth-order valence-electron chi connectivity index (χ4n) is 2.69. The largest absolute Gasteiger partial charge is 0.493 e. The van der Waals surface area contributed by atoms with E-state index in [0.717, 1.165) is 12.1 Å². The molecule has 1 fully saturated rings. The molecule has 6 heteroatoms. The van der Waals surface area contributed by atoms with Gasteiger partial charge in [0.05, 0.1) is 7.11 Å². The number of nitrogens with two attached hydrogens (primary N) is 1. The number of hydrogen-bond acceptors (Lipinski definition) is 4. The standard InChI is InChI=1S/C15H22F2N2O2/c1-3-19(11-5-6-11)12(9-18)10-4-7-13(20-2)14(8-10)21-15(16)17/h4,7-8,11-12,15H,3,5-6,9,18H2,1-2H3. The Hall–Kier alpha value is -1.40. The monoisotopic (exact) mass is 300 g/mol. The molecule has 21 heavy (non-hydrogen) atoms. The van der Waals surface area contributed by atoms with Gasteiger partial charge in [0.15, 0.2) is 11.5 Å². The number of hydrogen-bond donors (Lipinski definition) is 1. The summed E-state index contributed by atoms with van der Waals surface area (Å²) in [6, 6.07) is 5.67. The van der Waals surface area contributed by atoms with Crippen LogP contribution in [0.5, 0.6) is 11.5 Å². The van der Waals surface area contributed by atoms with Gasteiger partial charge >= 0.3 is 6.61 Å². The summed E-state index contributed by atoms with van der Waals surface area (Å²) in [5.41, 5.74) is 6.78. The molecule has 0 bridgehead atoms. The number of methoxy groups -OCH3 is 1. The molecule has 1 aliphatic rings. The average molecular weight is 300 g/mol. The van der Waals surface area contributed by atoms with Gasteiger partial charge < -0.3 is 15.2 Å². The van der Waals surface area contributed by atoms with Crippen molar-refractivity contribution in [2.75, 3.05) is 20.2 Å². The molecule has 1 aliphatic carbocycles. The Morgan fingerprint density at radius 2 is 2.05 bits per heavy atom. The van der Waals surface area contributed by atoms with E-state index < -0.39 is 6.61 Å². The van der Waals surface area contributed by atoms with Crippen LogP contribution in [0, 0.1) is 0 Å². The molecule has 0 radical (unpaired) electrons. The topological polar surface area (TPSA) is 47.7 Å². The lowest BCUT2D eigenvalue weighted by molar-refractivity contribution is -0.0513. The van der Waals surface area contributed by atoms with Crippen LogP contribution in [0.4, 0.5) is 8.78 Å². The maximum Gasteiger partial charge on any atom is 0.387 e. The normalized spacial score (nSPS) is 16.3. The van der Waals surface area contributed by atoms with Crippen LogP contribution in [0.1, 0.15) is 31.4 Å². The van der Waals surface area contributed by atoms with Crippen molar-refractivity contribution in [2.24, 2.45) is 5.73 Å². The number of alkyl halides is 2. The molecule has 4 nitrogen and oxygen atoms in total. The third kappa shape index (κ3) is 3.83. The van der Waals surface area contributed by atoms with Crippen molar-refractivity contribution in [3.05, 3.63) is 23.8 Å². The van der Waals surface area contributed by atoms with Crippen molar-refractivity contribution >= 4 is 0 Å². The molecule has 1 aromatic rings. The fourth-order valence-corrected chi connectivity index (χ4v) is 2.69. The van der Waals surface area contributed by atoms with E-state index in [-0.39, 0.29) is 11.8 Å². The van der Waals surface area contributed by atoms with Gasteiger partial charge in [-0.3, -0.25) is 4.90 Å². The van der Waals surface area contributed by atoms with Gasteiger partial charge in [0.2, 0.25) is 0 Å².